The molecule has 12 heteroatoms. The zero-order valence-electron chi connectivity index (χ0n) is 18.8. The van der Waals surface area contributed by atoms with Crippen molar-refractivity contribution in [2.24, 2.45) is 0 Å². The molecule has 0 aliphatic carbocycles. The van der Waals surface area contributed by atoms with Gasteiger partial charge in [0.25, 0.3) is 11.1 Å². The summed E-state index contributed by atoms with van der Waals surface area (Å²) in [5.74, 6) is -0.436. The average molecular weight is 517 g/mol. The van der Waals surface area contributed by atoms with Gasteiger partial charge in [-0.05, 0) is 48.4 Å². The van der Waals surface area contributed by atoms with E-state index in [-0.39, 0.29) is 34.0 Å². The maximum absolute atomic E-state index is 13.1. The standard InChI is InChI=1S/C23H21FN4O5S2/c1-3-32-20-12-16(7-10-19(20)33-14-15-5-8-18(24)9-6-15)11-17(13-25)21(29)26-22-27-23(28-34-22)35(30,31)4-2/h5-12H,3-4,14H2,1-2H3,(H,26,27,28,29)/b17-11-. The van der Waals surface area contributed by atoms with E-state index in [4.69, 9.17) is 9.47 Å². The van der Waals surface area contributed by atoms with Crippen molar-refractivity contribution in [3.05, 3.63) is 65.0 Å². The van der Waals surface area contributed by atoms with Crippen LogP contribution in [0, 0.1) is 17.1 Å². The summed E-state index contributed by atoms with van der Waals surface area (Å²) in [4.78, 5) is 16.4. The van der Waals surface area contributed by atoms with Crippen molar-refractivity contribution in [1.29, 1.82) is 5.26 Å². The third kappa shape index (κ3) is 6.84. The molecule has 0 atom stereocenters. The lowest BCUT2D eigenvalue weighted by Gasteiger charge is -2.13. The first kappa shape index (κ1) is 25.8. The van der Waals surface area contributed by atoms with Crippen LogP contribution in [0.3, 0.4) is 0 Å². The number of nitrogens with one attached hydrogen (secondary N) is 1. The van der Waals surface area contributed by atoms with Crippen LogP contribution in [-0.2, 0) is 21.2 Å². The number of anilines is 1. The number of carbonyl (C=O) groups is 1. The SMILES string of the molecule is CCOc1cc(/C=C(/C#N)C(=O)Nc2nc(S(=O)(=O)CC)ns2)ccc1OCc1ccc(F)cc1. The van der Waals surface area contributed by atoms with Gasteiger partial charge in [0.1, 0.15) is 24.1 Å². The van der Waals surface area contributed by atoms with Gasteiger partial charge in [-0.1, -0.05) is 25.1 Å². The van der Waals surface area contributed by atoms with Crippen molar-refractivity contribution in [3.8, 4) is 17.6 Å². The monoisotopic (exact) mass is 516 g/mol. The Balaban J connectivity index is 1.76. The Bertz CT molecular complexity index is 1380. The molecule has 3 aromatic rings. The number of sulfone groups is 1. The van der Waals surface area contributed by atoms with Gasteiger partial charge in [0.05, 0.1) is 12.4 Å². The topological polar surface area (TPSA) is 131 Å². The van der Waals surface area contributed by atoms with Crippen molar-refractivity contribution in [1.82, 2.24) is 9.36 Å². The van der Waals surface area contributed by atoms with E-state index in [1.165, 1.54) is 25.1 Å². The molecule has 2 aromatic carbocycles. The van der Waals surface area contributed by atoms with Crippen molar-refractivity contribution in [2.75, 3.05) is 17.7 Å². The van der Waals surface area contributed by atoms with Crippen LogP contribution in [-0.4, -0.2) is 36.0 Å². The second-order valence-corrected chi connectivity index (χ2v) is 9.89. The number of ether oxygens (including phenoxy) is 2. The molecule has 0 fully saturated rings. The first-order valence-corrected chi connectivity index (χ1v) is 12.8. The van der Waals surface area contributed by atoms with Crippen LogP contribution in [0.2, 0.25) is 0 Å². The smallest absolute Gasteiger partial charge is 0.268 e. The number of carbonyl (C=O) groups excluding carboxylic acids is 1. The fourth-order valence-corrected chi connectivity index (χ4v) is 4.32. The lowest BCUT2D eigenvalue weighted by Crippen LogP contribution is -2.13. The van der Waals surface area contributed by atoms with Crippen LogP contribution < -0.4 is 14.8 Å². The van der Waals surface area contributed by atoms with E-state index in [2.05, 4.69) is 14.7 Å². The Morgan fingerprint density at radius 1 is 1.17 bits per heavy atom. The molecule has 0 saturated carbocycles. The van der Waals surface area contributed by atoms with Gasteiger partial charge in [-0.2, -0.15) is 14.6 Å². The number of nitrogens with zero attached hydrogens (tertiary/aromatic N) is 3. The van der Waals surface area contributed by atoms with E-state index >= 15 is 0 Å². The van der Waals surface area contributed by atoms with Gasteiger partial charge in [-0.15, -0.1) is 0 Å². The van der Waals surface area contributed by atoms with Gasteiger partial charge in [0.15, 0.2) is 11.5 Å². The lowest BCUT2D eigenvalue weighted by atomic mass is 10.1. The van der Waals surface area contributed by atoms with E-state index < -0.39 is 15.7 Å². The van der Waals surface area contributed by atoms with Gasteiger partial charge in [0, 0.05) is 11.5 Å². The highest BCUT2D eigenvalue weighted by Crippen LogP contribution is 2.30. The molecular weight excluding hydrogens is 495 g/mol. The molecule has 182 valence electrons. The Morgan fingerprint density at radius 3 is 2.57 bits per heavy atom. The lowest BCUT2D eigenvalue weighted by molar-refractivity contribution is -0.112. The van der Waals surface area contributed by atoms with E-state index in [1.54, 1.807) is 37.3 Å². The molecule has 3 rings (SSSR count). The first-order valence-electron chi connectivity index (χ1n) is 10.4. The molecule has 0 bridgehead atoms. The van der Waals surface area contributed by atoms with Gasteiger partial charge in [-0.25, -0.2) is 12.8 Å². The van der Waals surface area contributed by atoms with E-state index in [1.807, 2.05) is 6.07 Å². The minimum atomic E-state index is -3.61. The van der Waals surface area contributed by atoms with Crippen molar-refractivity contribution < 1.29 is 27.1 Å². The molecule has 1 aromatic heterocycles. The van der Waals surface area contributed by atoms with Gasteiger partial charge in [-0.3, -0.25) is 10.1 Å². The second-order valence-electron chi connectivity index (χ2n) is 6.96. The average Bonchev–Trinajstić information content (AvgIpc) is 3.32. The molecule has 0 radical (unpaired) electrons. The summed E-state index contributed by atoms with van der Waals surface area (Å²) in [5.41, 5.74) is 1.04. The quantitative estimate of drug-likeness (QED) is 0.316. The van der Waals surface area contributed by atoms with Crippen LogP contribution in [0.5, 0.6) is 11.5 Å². The summed E-state index contributed by atoms with van der Waals surface area (Å²) in [6.07, 6.45) is 1.35. The third-order valence-corrected chi connectivity index (χ3v) is 6.78. The number of aromatic nitrogens is 2. The fraction of sp³-hybridized carbons (Fsp3) is 0.217. The minimum absolute atomic E-state index is 0.0391. The Labute approximate surface area is 205 Å². The summed E-state index contributed by atoms with van der Waals surface area (Å²) >= 11 is 0.703. The van der Waals surface area contributed by atoms with E-state index in [0.717, 1.165) is 5.56 Å². The van der Waals surface area contributed by atoms with Crippen molar-refractivity contribution in [3.63, 3.8) is 0 Å². The molecule has 1 N–H and O–H groups in total. The predicted octanol–water partition coefficient (Wildman–Crippen LogP) is 3.99. The molecule has 1 amide bonds. The zero-order chi connectivity index (χ0) is 25.4. The Hall–Kier alpha value is -3.82. The molecule has 0 spiro atoms. The number of benzene rings is 2. The highest BCUT2D eigenvalue weighted by molar-refractivity contribution is 7.91. The van der Waals surface area contributed by atoms with E-state index in [0.29, 0.717) is 35.2 Å². The Morgan fingerprint density at radius 2 is 1.91 bits per heavy atom. The number of halogens is 1. The fourth-order valence-electron chi connectivity index (χ4n) is 2.74. The summed E-state index contributed by atoms with van der Waals surface area (Å²) in [7, 11) is -3.61. The van der Waals surface area contributed by atoms with Crippen LogP contribution in [0.1, 0.15) is 25.0 Å². The van der Waals surface area contributed by atoms with Crippen molar-refractivity contribution in [2.45, 2.75) is 25.6 Å². The van der Waals surface area contributed by atoms with Crippen LogP contribution in [0.25, 0.3) is 6.08 Å². The van der Waals surface area contributed by atoms with E-state index in [9.17, 15) is 22.9 Å². The molecule has 0 aliphatic heterocycles. The maximum Gasteiger partial charge on any atom is 0.268 e. The zero-order valence-corrected chi connectivity index (χ0v) is 20.5. The van der Waals surface area contributed by atoms with Gasteiger partial charge < -0.3 is 9.47 Å². The number of rotatable bonds is 10. The largest absolute Gasteiger partial charge is 0.490 e. The molecule has 0 aliphatic rings. The van der Waals surface area contributed by atoms with Crippen LogP contribution >= 0.6 is 11.5 Å². The summed E-state index contributed by atoms with van der Waals surface area (Å²) in [6.45, 7) is 3.81. The normalized spacial score (nSPS) is 11.5. The van der Waals surface area contributed by atoms with Gasteiger partial charge >= 0.3 is 0 Å². The summed E-state index contributed by atoms with van der Waals surface area (Å²) < 4.78 is 52.0. The third-order valence-electron chi connectivity index (χ3n) is 4.54. The highest BCUT2D eigenvalue weighted by Gasteiger charge is 2.20. The van der Waals surface area contributed by atoms with Crippen LogP contribution in [0.15, 0.2) is 53.2 Å². The molecule has 0 unspecified atom stereocenters. The molecule has 35 heavy (non-hydrogen) atoms. The number of amides is 1. The van der Waals surface area contributed by atoms with Crippen LogP contribution in [0.4, 0.5) is 9.52 Å². The summed E-state index contributed by atoms with van der Waals surface area (Å²) in [5, 5.41) is 11.5. The molecular formula is C23H21FN4O5S2. The maximum atomic E-state index is 13.1. The van der Waals surface area contributed by atoms with Crippen molar-refractivity contribution >= 4 is 38.5 Å². The minimum Gasteiger partial charge on any atom is -0.490 e. The second kappa shape index (κ2) is 11.5. The summed E-state index contributed by atoms with van der Waals surface area (Å²) in [6, 6.07) is 12.6. The highest BCUT2D eigenvalue weighted by atomic mass is 32.2. The molecule has 0 saturated heterocycles. The molecule has 9 nitrogen and oxygen atoms in total. The van der Waals surface area contributed by atoms with Gasteiger partial charge in [0.2, 0.25) is 15.0 Å². The number of hydrogen-bond donors (Lipinski definition) is 1. The predicted molar refractivity (Wildman–Crippen MR) is 128 cm³/mol. The Kier molecular flexibility index (Phi) is 8.51. The first-order chi connectivity index (χ1) is 16.7. The number of hydrogen-bond acceptors (Lipinski definition) is 9. The molecule has 1 heterocycles. The number of nitriles is 1.